The van der Waals surface area contributed by atoms with Gasteiger partial charge in [0, 0.05) is 31.8 Å². The van der Waals surface area contributed by atoms with Gasteiger partial charge in [-0.1, -0.05) is 0 Å². The molecule has 2 atom stereocenters. The highest BCUT2D eigenvalue weighted by Crippen LogP contribution is 2.29. The number of ether oxygens (including phenoxy) is 1. The summed E-state index contributed by atoms with van der Waals surface area (Å²) in [6.07, 6.45) is 1.24. The molecule has 1 aromatic carbocycles. The molecular weight excluding hydrogens is 230 g/mol. The van der Waals surface area contributed by atoms with Gasteiger partial charge in [0.1, 0.15) is 11.5 Å². The Bertz CT molecular complexity index is 388. The molecule has 0 bridgehead atoms. The Balaban J connectivity index is 2.15. The van der Waals surface area contributed by atoms with Crippen molar-refractivity contribution >= 4 is 0 Å². The van der Waals surface area contributed by atoms with Gasteiger partial charge in [0.25, 0.3) is 0 Å². The van der Waals surface area contributed by atoms with Gasteiger partial charge in [-0.15, -0.1) is 0 Å². The molecule has 2 N–H and O–H groups in total. The van der Waals surface area contributed by atoms with Gasteiger partial charge >= 0.3 is 0 Å². The lowest BCUT2D eigenvalue weighted by molar-refractivity contribution is 0.0619. The lowest BCUT2D eigenvalue weighted by Gasteiger charge is -2.29. The van der Waals surface area contributed by atoms with E-state index in [0.717, 1.165) is 31.7 Å². The van der Waals surface area contributed by atoms with Crippen LogP contribution in [-0.4, -0.2) is 40.9 Å². The SMILES string of the molecule is CC1CN(C(C)c2cc(O)cc(O)c2)CCCO1. The van der Waals surface area contributed by atoms with E-state index in [4.69, 9.17) is 4.74 Å². The number of benzene rings is 1. The Morgan fingerprint density at radius 1 is 1.28 bits per heavy atom. The van der Waals surface area contributed by atoms with E-state index < -0.39 is 0 Å². The molecule has 0 radical (unpaired) electrons. The quantitative estimate of drug-likeness (QED) is 0.846. The van der Waals surface area contributed by atoms with Crippen LogP contribution >= 0.6 is 0 Å². The summed E-state index contributed by atoms with van der Waals surface area (Å²) in [4.78, 5) is 2.33. The minimum absolute atomic E-state index is 0.107. The summed E-state index contributed by atoms with van der Waals surface area (Å²) >= 11 is 0. The monoisotopic (exact) mass is 251 g/mol. The fourth-order valence-corrected chi connectivity index (χ4v) is 2.45. The highest BCUT2D eigenvalue weighted by molar-refractivity contribution is 5.38. The summed E-state index contributed by atoms with van der Waals surface area (Å²) in [6, 6.07) is 4.93. The van der Waals surface area contributed by atoms with Gasteiger partial charge in [-0.3, -0.25) is 4.90 Å². The van der Waals surface area contributed by atoms with Crippen molar-refractivity contribution in [1.82, 2.24) is 4.90 Å². The van der Waals surface area contributed by atoms with Crippen molar-refractivity contribution in [2.75, 3.05) is 19.7 Å². The van der Waals surface area contributed by atoms with Crippen molar-refractivity contribution in [3.05, 3.63) is 23.8 Å². The summed E-state index contributed by atoms with van der Waals surface area (Å²) in [5.41, 5.74) is 0.932. The zero-order chi connectivity index (χ0) is 13.1. The zero-order valence-corrected chi connectivity index (χ0v) is 11.0. The van der Waals surface area contributed by atoms with Crippen LogP contribution < -0.4 is 0 Å². The fraction of sp³-hybridized carbons (Fsp3) is 0.571. The number of nitrogens with zero attached hydrogens (tertiary/aromatic N) is 1. The molecule has 4 heteroatoms. The van der Waals surface area contributed by atoms with Gasteiger partial charge in [0.2, 0.25) is 0 Å². The minimum atomic E-state index is 0.107. The van der Waals surface area contributed by atoms with Crippen LogP contribution in [0.4, 0.5) is 0 Å². The molecule has 4 nitrogen and oxygen atoms in total. The van der Waals surface area contributed by atoms with E-state index in [2.05, 4.69) is 18.7 Å². The van der Waals surface area contributed by atoms with E-state index in [0.29, 0.717) is 0 Å². The van der Waals surface area contributed by atoms with E-state index in [-0.39, 0.29) is 23.6 Å². The van der Waals surface area contributed by atoms with E-state index in [1.54, 1.807) is 12.1 Å². The average molecular weight is 251 g/mol. The average Bonchev–Trinajstić information content (AvgIpc) is 2.51. The van der Waals surface area contributed by atoms with Crippen LogP contribution in [0.2, 0.25) is 0 Å². The van der Waals surface area contributed by atoms with Gasteiger partial charge < -0.3 is 14.9 Å². The number of aromatic hydroxyl groups is 2. The first-order valence-electron chi connectivity index (χ1n) is 6.45. The van der Waals surface area contributed by atoms with E-state index in [1.165, 1.54) is 6.07 Å². The Kier molecular flexibility index (Phi) is 4.09. The molecule has 0 aromatic heterocycles. The van der Waals surface area contributed by atoms with Crippen LogP contribution in [-0.2, 0) is 4.74 Å². The summed E-state index contributed by atoms with van der Waals surface area (Å²) in [6.45, 7) is 6.81. The number of hydrogen-bond acceptors (Lipinski definition) is 4. The molecule has 1 aliphatic heterocycles. The second-order valence-electron chi connectivity index (χ2n) is 4.99. The zero-order valence-electron chi connectivity index (χ0n) is 11.0. The lowest BCUT2D eigenvalue weighted by Crippen LogP contribution is -2.32. The molecule has 2 unspecified atom stereocenters. The third kappa shape index (κ3) is 3.15. The fourth-order valence-electron chi connectivity index (χ4n) is 2.45. The molecule has 0 amide bonds. The minimum Gasteiger partial charge on any atom is -0.508 e. The maximum absolute atomic E-state index is 9.55. The van der Waals surface area contributed by atoms with Crippen LogP contribution in [0, 0.1) is 0 Å². The van der Waals surface area contributed by atoms with Gasteiger partial charge in [-0.25, -0.2) is 0 Å². The molecule has 18 heavy (non-hydrogen) atoms. The Hall–Kier alpha value is -1.26. The highest BCUT2D eigenvalue weighted by atomic mass is 16.5. The third-order valence-electron chi connectivity index (χ3n) is 3.44. The molecule has 1 heterocycles. The second-order valence-corrected chi connectivity index (χ2v) is 4.99. The van der Waals surface area contributed by atoms with Crippen molar-refractivity contribution in [2.24, 2.45) is 0 Å². The van der Waals surface area contributed by atoms with Gasteiger partial charge in [0.05, 0.1) is 6.10 Å². The number of rotatable bonds is 2. The van der Waals surface area contributed by atoms with Crippen molar-refractivity contribution in [3.63, 3.8) is 0 Å². The van der Waals surface area contributed by atoms with Crippen molar-refractivity contribution < 1.29 is 14.9 Å². The third-order valence-corrected chi connectivity index (χ3v) is 3.44. The van der Waals surface area contributed by atoms with Gasteiger partial charge in [-0.05, 0) is 38.0 Å². The molecule has 1 saturated heterocycles. The first-order chi connectivity index (χ1) is 8.56. The highest BCUT2D eigenvalue weighted by Gasteiger charge is 2.21. The summed E-state index contributed by atoms with van der Waals surface area (Å²) in [5, 5.41) is 19.1. The van der Waals surface area contributed by atoms with E-state index in [9.17, 15) is 10.2 Å². The predicted molar refractivity (Wildman–Crippen MR) is 69.8 cm³/mol. The van der Waals surface area contributed by atoms with E-state index in [1.807, 2.05) is 0 Å². The van der Waals surface area contributed by atoms with Crippen LogP contribution in [0.1, 0.15) is 31.9 Å². The molecule has 0 saturated carbocycles. The first kappa shape index (κ1) is 13.2. The molecule has 0 aliphatic carbocycles. The van der Waals surface area contributed by atoms with Crippen LogP contribution in [0.15, 0.2) is 18.2 Å². The Morgan fingerprint density at radius 2 is 1.94 bits per heavy atom. The normalized spacial score (nSPS) is 23.6. The molecular formula is C14H21NO3. The largest absolute Gasteiger partial charge is 0.508 e. The van der Waals surface area contributed by atoms with Crippen molar-refractivity contribution in [1.29, 1.82) is 0 Å². The second kappa shape index (κ2) is 5.59. The van der Waals surface area contributed by atoms with Crippen LogP contribution in [0.3, 0.4) is 0 Å². The molecule has 2 rings (SSSR count). The van der Waals surface area contributed by atoms with Crippen molar-refractivity contribution in [2.45, 2.75) is 32.4 Å². The van der Waals surface area contributed by atoms with Crippen LogP contribution in [0.5, 0.6) is 11.5 Å². The maximum atomic E-state index is 9.55. The van der Waals surface area contributed by atoms with Gasteiger partial charge in [-0.2, -0.15) is 0 Å². The number of hydrogen-bond donors (Lipinski definition) is 2. The van der Waals surface area contributed by atoms with Gasteiger partial charge in [0.15, 0.2) is 0 Å². The molecule has 1 aromatic rings. The predicted octanol–water partition coefficient (Wildman–Crippen LogP) is 2.27. The first-order valence-corrected chi connectivity index (χ1v) is 6.45. The smallest absolute Gasteiger partial charge is 0.119 e. The topological polar surface area (TPSA) is 52.9 Å². The van der Waals surface area contributed by atoms with E-state index >= 15 is 0 Å². The lowest BCUT2D eigenvalue weighted by atomic mass is 10.1. The van der Waals surface area contributed by atoms with Crippen molar-refractivity contribution in [3.8, 4) is 11.5 Å². The number of phenols is 2. The number of phenolic OH excluding ortho intramolecular Hbond substituents is 2. The Labute approximate surface area is 108 Å². The summed E-state index contributed by atoms with van der Waals surface area (Å²) in [5.74, 6) is 0.215. The molecule has 0 spiro atoms. The summed E-state index contributed by atoms with van der Waals surface area (Å²) < 4.78 is 5.63. The molecule has 1 aliphatic rings. The van der Waals surface area contributed by atoms with Crippen LogP contribution in [0.25, 0.3) is 0 Å². The molecule has 100 valence electrons. The summed E-state index contributed by atoms with van der Waals surface area (Å²) in [7, 11) is 0. The molecule has 1 fully saturated rings. The Morgan fingerprint density at radius 3 is 2.61 bits per heavy atom. The standard InChI is InChI=1S/C14H21NO3/c1-10-9-15(4-3-5-18-10)11(2)12-6-13(16)8-14(17)7-12/h6-8,10-11,16-17H,3-5,9H2,1-2H3. The maximum Gasteiger partial charge on any atom is 0.119 e.